The van der Waals surface area contributed by atoms with E-state index in [0.717, 1.165) is 36.8 Å². The second kappa shape index (κ2) is 14.5. The Kier molecular flexibility index (Phi) is 9.63. The Hall–Kier alpha value is -6.01. The number of unbranched alkanes of at least 4 members (excludes halogenated alkanes) is 2. The molecule has 3 heterocycles. The highest BCUT2D eigenvalue weighted by atomic mass is 16.6. The van der Waals surface area contributed by atoms with Crippen LogP contribution in [0.5, 0.6) is 34.5 Å². The van der Waals surface area contributed by atoms with E-state index in [1.54, 1.807) is 24.3 Å². The van der Waals surface area contributed by atoms with Gasteiger partial charge in [0.15, 0.2) is 5.60 Å². The number of aliphatic hydroxyl groups is 1. The van der Waals surface area contributed by atoms with Crippen LogP contribution < -0.4 is 20.1 Å². The van der Waals surface area contributed by atoms with Crippen molar-refractivity contribution >= 4 is 17.8 Å². The van der Waals surface area contributed by atoms with E-state index in [1.165, 1.54) is 30.3 Å². The van der Waals surface area contributed by atoms with Crippen LogP contribution in [0.2, 0.25) is 0 Å². The van der Waals surface area contributed by atoms with Gasteiger partial charge in [-0.1, -0.05) is 31.9 Å². The number of phenolic OH excluding ortho intramolecular Hbond substituents is 3. The summed E-state index contributed by atoms with van der Waals surface area (Å²) in [6.07, 6.45) is 5.89. The fraction of sp³-hybridized carbons (Fsp3) is 0.356. The number of hydrogen-bond acceptors (Lipinski definition) is 10. The van der Waals surface area contributed by atoms with Gasteiger partial charge in [0.2, 0.25) is 5.91 Å². The standard InChI is InChI=1S/C45H46N2O10/c1-4-5-6-7-24-16-36(51)40-30-18-25(8-12-32(30)44(2,3)56-39(40)17-24)41(52)46-22-29(50)23-47-42(53)26-9-13-33-31(19-26)43(54)57-45(33)34-14-10-27(48)20-37(34)55-38-21-28(49)11-15-35(38)45/h8-11,13-17,19-21,29-30,32,48-51H,4-7,12,18,22-23H2,1-3H3,(H,46,52)(H,47,53)/t29?,30-,32-/m0/s1. The van der Waals surface area contributed by atoms with Gasteiger partial charge >= 0.3 is 5.97 Å². The predicted molar refractivity (Wildman–Crippen MR) is 209 cm³/mol. The summed E-state index contributed by atoms with van der Waals surface area (Å²) in [5, 5.41) is 47.8. The lowest BCUT2D eigenvalue weighted by molar-refractivity contribution is -0.118. The first-order valence-corrected chi connectivity index (χ1v) is 19.5. The van der Waals surface area contributed by atoms with Gasteiger partial charge in [-0.3, -0.25) is 9.59 Å². The molecule has 0 bridgehead atoms. The number of aromatic hydroxyl groups is 3. The highest BCUT2D eigenvalue weighted by Crippen LogP contribution is 2.57. The summed E-state index contributed by atoms with van der Waals surface area (Å²) in [4.78, 5) is 40.2. The molecule has 2 amide bonds. The molecule has 12 heteroatoms. The van der Waals surface area contributed by atoms with Crippen molar-refractivity contribution in [3.63, 3.8) is 0 Å². The Morgan fingerprint density at radius 3 is 2.18 bits per heavy atom. The molecular weight excluding hydrogens is 728 g/mol. The van der Waals surface area contributed by atoms with Gasteiger partial charge in [0.25, 0.3) is 5.91 Å². The number of ether oxygens (including phenoxy) is 3. The van der Waals surface area contributed by atoms with E-state index in [0.29, 0.717) is 40.9 Å². The van der Waals surface area contributed by atoms with Crippen molar-refractivity contribution in [3.05, 3.63) is 117 Å². The average molecular weight is 775 g/mol. The van der Waals surface area contributed by atoms with E-state index in [1.807, 2.05) is 32.1 Å². The molecule has 4 aliphatic rings. The van der Waals surface area contributed by atoms with Gasteiger partial charge in [0.05, 0.1) is 11.7 Å². The molecule has 8 rings (SSSR count). The highest BCUT2D eigenvalue weighted by Gasteiger charge is 2.54. The number of carbonyl (C=O) groups is 3. The quantitative estimate of drug-likeness (QED) is 0.0758. The maximum atomic E-state index is 13.5. The number of amides is 2. The van der Waals surface area contributed by atoms with Gasteiger partial charge in [-0.15, -0.1) is 0 Å². The molecule has 0 aromatic heterocycles. The second-order valence-corrected chi connectivity index (χ2v) is 15.9. The van der Waals surface area contributed by atoms with Crippen LogP contribution in [0.25, 0.3) is 0 Å². The van der Waals surface area contributed by atoms with E-state index >= 15 is 0 Å². The van der Waals surface area contributed by atoms with Crippen molar-refractivity contribution in [2.24, 2.45) is 5.92 Å². The molecule has 0 radical (unpaired) electrons. The third-order valence-electron chi connectivity index (χ3n) is 11.8. The Bertz CT molecular complexity index is 2280. The molecule has 0 saturated heterocycles. The van der Waals surface area contributed by atoms with Crippen LogP contribution in [0.15, 0.2) is 78.4 Å². The van der Waals surface area contributed by atoms with E-state index in [4.69, 9.17) is 14.2 Å². The lowest BCUT2D eigenvalue weighted by atomic mass is 9.67. The number of aliphatic hydroxyl groups excluding tert-OH is 1. The number of nitrogens with one attached hydrogen (secondary N) is 2. The first-order chi connectivity index (χ1) is 27.3. The van der Waals surface area contributed by atoms with E-state index in [9.17, 15) is 34.8 Å². The van der Waals surface area contributed by atoms with Crippen molar-refractivity contribution in [3.8, 4) is 34.5 Å². The average Bonchev–Trinajstić information content (AvgIpc) is 3.46. The minimum absolute atomic E-state index is 0.0537. The summed E-state index contributed by atoms with van der Waals surface area (Å²) in [5.74, 6) is -0.405. The third-order valence-corrected chi connectivity index (χ3v) is 11.8. The number of phenols is 3. The van der Waals surface area contributed by atoms with Crippen molar-refractivity contribution in [1.82, 2.24) is 10.6 Å². The van der Waals surface area contributed by atoms with Gasteiger partial charge in [-0.05, 0) is 93.6 Å². The molecule has 0 saturated carbocycles. The molecule has 12 nitrogen and oxygen atoms in total. The number of carbonyl (C=O) groups excluding carboxylic acids is 3. The summed E-state index contributed by atoms with van der Waals surface area (Å²) in [5.41, 5.74) is 2.04. The van der Waals surface area contributed by atoms with Gasteiger partial charge in [-0.2, -0.15) is 0 Å². The van der Waals surface area contributed by atoms with Crippen LogP contribution in [0.1, 0.15) is 107 Å². The summed E-state index contributed by atoms with van der Waals surface area (Å²) in [7, 11) is 0. The molecule has 1 aliphatic carbocycles. The van der Waals surface area contributed by atoms with Gasteiger partial charge in [0.1, 0.15) is 40.1 Å². The van der Waals surface area contributed by atoms with Crippen molar-refractivity contribution in [2.45, 2.75) is 82.5 Å². The number of aryl methyl sites for hydroxylation is 1. The van der Waals surface area contributed by atoms with Crippen LogP contribution in [-0.2, 0) is 21.6 Å². The minimum atomic E-state index is -1.46. The number of hydrogen-bond donors (Lipinski definition) is 6. The maximum absolute atomic E-state index is 13.5. The topological polar surface area (TPSA) is 184 Å². The normalized spacial score (nSPS) is 19.6. The molecule has 3 aliphatic heterocycles. The summed E-state index contributed by atoms with van der Waals surface area (Å²) in [6.45, 7) is 5.96. The smallest absolute Gasteiger partial charge is 0.340 e. The summed E-state index contributed by atoms with van der Waals surface area (Å²) >= 11 is 0. The van der Waals surface area contributed by atoms with Gasteiger partial charge in [0, 0.05) is 70.4 Å². The zero-order chi connectivity index (χ0) is 40.2. The number of fused-ring (bicyclic) bond motifs is 9. The first kappa shape index (κ1) is 37.9. The Morgan fingerprint density at radius 1 is 0.825 bits per heavy atom. The van der Waals surface area contributed by atoms with Gasteiger partial charge < -0.3 is 45.3 Å². The van der Waals surface area contributed by atoms with Crippen molar-refractivity contribution in [1.29, 1.82) is 0 Å². The number of rotatable bonds is 10. The molecule has 0 fully saturated rings. The fourth-order valence-corrected chi connectivity index (χ4v) is 8.92. The predicted octanol–water partition coefficient (Wildman–Crippen LogP) is 6.60. The summed E-state index contributed by atoms with van der Waals surface area (Å²) in [6, 6.07) is 17.4. The number of esters is 1. The lowest BCUT2D eigenvalue weighted by Crippen LogP contribution is -2.46. The zero-order valence-corrected chi connectivity index (χ0v) is 32.1. The van der Waals surface area contributed by atoms with Crippen LogP contribution in [0.3, 0.4) is 0 Å². The van der Waals surface area contributed by atoms with E-state index in [-0.39, 0.29) is 70.7 Å². The molecule has 4 aromatic rings. The summed E-state index contributed by atoms with van der Waals surface area (Å²) < 4.78 is 18.5. The lowest BCUT2D eigenvalue weighted by Gasteiger charge is -2.47. The number of allylic oxidation sites excluding steroid dienone is 1. The van der Waals surface area contributed by atoms with E-state index < -0.39 is 29.2 Å². The Balaban J connectivity index is 0.918. The molecule has 1 unspecified atom stereocenters. The van der Waals surface area contributed by atoms with Crippen molar-refractivity contribution in [2.75, 3.05) is 13.1 Å². The van der Waals surface area contributed by atoms with Crippen molar-refractivity contribution < 1.29 is 49.0 Å². The van der Waals surface area contributed by atoms with Gasteiger partial charge in [-0.25, -0.2) is 4.79 Å². The molecule has 4 aromatic carbocycles. The van der Waals surface area contributed by atoms with Crippen LogP contribution in [-0.4, -0.2) is 63.0 Å². The monoisotopic (exact) mass is 774 g/mol. The van der Waals surface area contributed by atoms with E-state index in [2.05, 4.69) is 17.6 Å². The SMILES string of the molecule is CCCCCc1cc(O)c2c(c1)OC(C)(C)[C@H]1CC=C(C(=O)NCC(O)CNC(=O)c3ccc4c(c3)C(=O)OC43c4ccc(O)cc4Oc4cc(O)ccc43)C[C@H]21. The molecule has 3 atom stereocenters. The first-order valence-electron chi connectivity index (χ1n) is 19.5. The van der Waals surface area contributed by atoms with Crippen LogP contribution in [0.4, 0.5) is 0 Å². The fourth-order valence-electron chi connectivity index (χ4n) is 8.92. The molecule has 1 spiro atoms. The second-order valence-electron chi connectivity index (χ2n) is 15.9. The third kappa shape index (κ3) is 6.71. The number of benzene rings is 4. The van der Waals surface area contributed by atoms with Crippen LogP contribution >= 0.6 is 0 Å². The molecule has 6 N–H and O–H groups in total. The molecule has 57 heavy (non-hydrogen) atoms. The zero-order valence-electron chi connectivity index (χ0n) is 32.1. The molecular formula is C45H46N2O10. The highest BCUT2D eigenvalue weighted by molar-refractivity contribution is 6.01. The minimum Gasteiger partial charge on any atom is -0.508 e. The Morgan fingerprint density at radius 2 is 1.49 bits per heavy atom. The maximum Gasteiger partial charge on any atom is 0.340 e. The Labute approximate surface area is 330 Å². The molecule has 296 valence electrons. The van der Waals surface area contributed by atoms with Crippen LogP contribution in [0, 0.1) is 5.92 Å². The largest absolute Gasteiger partial charge is 0.508 e.